The number of rotatable bonds is 5. The maximum atomic E-state index is 12.0. The molecule has 0 saturated heterocycles. The molecule has 0 aliphatic rings. The van der Waals surface area contributed by atoms with Crippen molar-refractivity contribution in [3.8, 4) is 0 Å². The van der Waals surface area contributed by atoms with Gasteiger partial charge in [0, 0.05) is 13.5 Å². The Morgan fingerprint density at radius 2 is 2.06 bits per heavy atom. The number of Topliss-reactive ketones (excluding diaryl/α,β-unsaturated/α-hetero) is 1. The number of hydrogen-bond donors (Lipinski definition) is 0. The van der Waals surface area contributed by atoms with Crippen LogP contribution < -0.4 is 0 Å². The molecule has 96 valence electrons. The van der Waals surface area contributed by atoms with Gasteiger partial charge < -0.3 is 9.15 Å². The normalized spacial score (nSPS) is 13.7. The fourth-order valence-electron chi connectivity index (χ4n) is 1.43. The third-order valence-electron chi connectivity index (χ3n) is 3.19. The third-order valence-corrected chi connectivity index (χ3v) is 3.19. The van der Waals surface area contributed by atoms with Crippen LogP contribution in [0.2, 0.25) is 0 Å². The van der Waals surface area contributed by atoms with Crippen molar-refractivity contribution in [3.63, 3.8) is 0 Å². The van der Waals surface area contributed by atoms with Crippen molar-refractivity contribution in [2.45, 2.75) is 40.7 Å². The number of ether oxygens (including phenoxy) is 1. The minimum absolute atomic E-state index is 0.0646. The van der Waals surface area contributed by atoms with Crippen LogP contribution in [0.15, 0.2) is 16.5 Å². The Kier molecular flexibility index (Phi) is 4.52. The van der Waals surface area contributed by atoms with Crippen LogP contribution in [0.4, 0.5) is 0 Å². The molecule has 3 nitrogen and oxygen atoms in total. The van der Waals surface area contributed by atoms with E-state index in [1.807, 2.05) is 0 Å². The highest BCUT2D eigenvalue weighted by Gasteiger charge is 2.24. The summed E-state index contributed by atoms with van der Waals surface area (Å²) in [5.74, 6) is 1.52. The van der Waals surface area contributed by atoms with Crippen molar-refractivity contribution in [2.75, 3.05) is 7.11 Å². The molecule has 0 fully saturated rings. The number of methoxy groups -OCH3 is 1. The quantitative estimate of drug-likeness (QED) is 0.734. The van der Waals surface area contributed by atoms with Gasteiger partial charge in [0.05, 0.1) is 0 Å². The van der Waals surface area contributed by atoms with Crippen LogP contribution in [0.5, 0.6) is 0 Å². The van der Waals surface area contributed by atoms with Crippen molar-refractivity contribution < 1.29 is 13.9 Å². The van der Waals surface area contributed by atoms with Crippen LogP contribution in [0.1, 0.15) is 50.4 Å². The summed E-state index contributed by atoms with van der Waals surface area (Å²) in [6.45, 7) is 8.93. The van der Waals surface area contributed by atoms with Crippen LogP contribution in [-0.4, -0.2) is 12.9 Å². The number of hydrogen-bond acceptors (Lipinski definition) is 3. The molecule has 0 spiro atoms. The fraction of sp³-hybridized carbons (Fsp3) is 0.643. The number of ketones is 1. The first-order valence-electron chi connectivity index (χ1n) is 5.95. The van der Waals surface area contributed by atoms with E-state index in [2.05, 4.69) is 27.7 Å². The topological polar surface area (TPSA) is 39.4 Å². The van der Waals surface area contributed by atoms with Gasteiger partial charge in [-0.3, -0.25) is 4.79 Å². The highest BCUT2D eigenvalue weighted by atomic mass is 16.5. The van der Waals surface area contributed by atoms with Gasteiger partial charge in [-0.25, -0.2) is 0 Å². The summed E-state index contributed by atoms with van der Waals surface area (Å²) in [6, 6.07) is 3.52. The van der Waals surface area contributed by atoms with Gasteiger partial charge in [0.15, 0.2) is 11.5 Å². The van der Waals surface area contributed by atoms with E-state index in [-0.39, 0.29) is 11.2 Å². The molecule has 1 atom stereocenters. The minimum Gasteiger partial charge on any atom is -0.456 e. The van der Waals surface area contributed by atoms with Gasteiger partial charge in [-0.1, -0.05) is 27.7 Å². The molecule has 0 aliphatic heterocycles. The molecule has 0 radical (unpaired) electrons. The SMILES string of the molecule is COCc1ccc(C(=O)CC(C)C(C)(C)C)o1. The van der Waals surface area contributed by atoms with E-state index in [4.69, 9.17) is 9.15 Å². The molecule has 0 bridgehead atoms. The van der Waals surface area contributed by atoms with Crippen molar-refractivity contribution in [2.24, 2.45) is 11.3 Å². The zero-order valence-corrected chi connectivity index (χ0v) is 11.4. The Balaban J connectivity index is 2.63. The summed E-state index contributed by atoms with van der Waals surface area (Å²) in [7, 11) is 1.60. The van der Waals surface area contributed by atoms with Gasteiger partial charge in [0.25, 0.3) is 0 Å². The van der Waals surface area contributed by atoms with E-state index in [1.54, 1.807) is 19.2 Å². The van der Waals surface area contributed by atoms with E-state index < -0.39 is 0 Å². The highest BCUT2D eigenvalue weighted by Crippen LogP contribution is 2.29. The van der Waals surface area contributed by atoms with Gasteiger partial charge in [0.2, 0.25) is 0 Å². The first kappa shape index (κ1) is 14.0. The lowest BCUT2D eigenvalue weighted by atomic mass is 9.79. The highest BCUT2D eigenvalue weighted by molar-refractivity contribution is 5.93. The van der Waals surface area contributed by atoms with Crippen molar-refractivity contribution in [1.29, 1.82) is 0 Å². The van der Waals surface area contributed by atoms with Gasteiger partial charge in [-0.05, 0) is 23.5 Å². The Labute approximate surface area is 103 Å². The standard InChI is InChI=1S/C14H22O3/c1-10(14(2,3)4)8-12(15)13-7-6-11(17-13)9-16-5/h6-7,10H,8-9H2,1-5H3. The Bertz CT molecular complexity index is 371. The molecule has 0 aromatic carbocycles. The molecular formula is C14H22O3. The van der Waals surface area contributed by atoms with Crippen LogP contribution in [-0.2, 0) is 11.3 Å². The summed E-state index contributed by atoms with van der Waals surface area (Å²) < 4.78 is 10.4. The Morgan fingerprint density at radius 1 is 1.41 bits per heavy atom. The molecule has 0 amide bonds. The smallest absolute Gasteiger partial charge is 0.198 e. The van der Waals surface area contributed by atoms with Crippen LogP contribution in [0.25, 0.3) is 0 Å². The Hall–Kier alpha value is -1.09. The first-order valence-corrected chi connectivity index (χ1v) is 5.95. The summed E-state index contributed by atoms with van der Waals surface area (Å²) in [4.78, 5) is 12.0. The molecule has 1 unspecified atom stereocenters. The van der Waals surface area contributed by atoms with Crippen LogP contribution in [0.3, 0.4) is 0 Å². The predicted molar refractivity (Wildman–Crippen MR) is 67.0 cm³/mol. The number of carbonyl (C=O) groups is 1. The van der Waals surface area contributed by atoms with Crippen molar-refractivity contribution in [1.82, 2.24) is 0 Å². The monoisotopic (exact) mass is 238 g/mol. The van der Waals surface area contributed by atoms with Gasteiger partial charge in [-0.15, -0.1) is 0 Å². The van der Waals surface area contributed by atoms with E-state index in [0.29, 0.717) is 30.5 Å². The average molecular weight is 238 g/mol. The molecule has 0 N–H and O–H groups in total. The summed E-state index contributed by atoms with van der Waals surface area (Å²) in [6.07, 6.45) is 0.517. The van der Waals surface area contributed by atoms with Gasteiger partial charge in [0.1, 0.15) is 12.4 Å². The molecule has 1 aromatic heterocycles. The lowest BCUT2D eigenvalue weighted by Crippen LogP contribution is -2.20. The van der Waals surface area contributed by atoms with Crippen molar-refractivity contribution in [3.05, 3.63) is 23.7 Å². The van der Waals surface area contributed by atoms with E-state index in [0.717, 1.165) is 0 Å². The molecule has 1 aromatic rings. The summed E-state index contributed by atoms with van der Waals surface area (Å²) in [5.41, 5.74) is 0.137. The predicted octanol–water partition coefficient (Wildman–Crippen LogP) is 3.68. The number of carbonyl (C=O) groups excluding carboxylic acids is 1. The lowest BCUT2D eigenvalue weighted by molar-refractivity contribution is 0.0891. The molecule has 3 heteroatoms. The lowest BCUT2D eigenvalue weighted by Gasteiger charge is -2.26. The van der Waals surface area contributed by atoms with Crippen LogP contribution in [0, 0.1) is 11.3 Å². The molecule has 0 saturated carbocycles. The van der Waals surface area contributed by atoms with Crippen LogP contribution >= 0.6 is 0 Å². The molecule has 1 heterocycles. The first-order chi connectivity index (χ1) is 7.84. The second kappa shape index (κ2) is 5.50. The molecule has 1 rings (SSSR count). The maximum Gasteiger partial charge on any atom is 0.198 e. The molecule has 0 aliphatic carbocycles. The Morgan fingerprint density at radius 3 is 2.59 bits per heavy atom. The zero-order valence-electron chi connectivity index (χ0n) is 11.4. The largest absolute Gasteiger partial charge is 0.456 e. The maximum absolute atomic E-state index is 12.0. The fourth-order valence-corrected chi connectivity index (χ4v) is 1.43. The van der Waals surface area contributed by atoms with E-state index >= 15 is 0 Å². The van der Waals surface area contributed by atoms with Gasteiger partial charge in [-0.2, -0.15) is 0 Å². The molecule has 17 heavy (non-hydrogen) atoms. The molecular weight excluding hydrogens is 216 g/mol. The third kappa shape index (κ3) is 4.00. The second-order valence-corrected chi connectivity index (χ2v) is 5.59. The van der Waals surface area contributed by atoms with E-state index in [9.17, 15) is 4.79 Å². The second-order valence-electron chi connectivity index (χ2n) is 5.59. The summed E-state index contributed by atoms with van der Waals surface area (Å²) >= 11 is 0. The average Bonchev–Trinajstić information content (AvgIpc) is 2.65. The van der Waals surface area contributed by atoms with Crippen molar-refractivity contribution >= 4 is 5.78 Å². The van der Waals surface area contributed by atoms with Gasteiger partial charge >= 0.3 is 0 Å². The zero-order chi connectivity index (χ0) is 13.1. The summed E-state index contributed by atoms with van der Waals surface area (Å²) in [5, 5.41) is 0. The number of furan rings is 1. The minimum atomic E-state index is 0.0646. The van der Waals surface area contributed by atoms with E-state index in [1.165, 1.54) is 0 Å².